The lowest BCUT2D eigenvalue weighted by Gasteiger charge is -2.13. The van der Waals surface area contributed by atoms with Gasteiger partial charge in [0.1, 0.15) is 5.75 Å². The van der Waals surface area contributed by atoms with E-state index in [2.05, 4.69) is 0 Å². The van der Waals surface area contributed by atoms with Crippen LogP contribution < -0.4 is 5.43 Å². The molecule has 0 radical (unpaired) electrons. The van der Waals surface area contributed by atoms with Crippen molar-refractivity contribution in [3.63, 3.8) is 0 Å². The number of phenols is 1. The van der Waals surface area contributed by atoms with Gasteiger partial charge in [-0.15, -0.1) is 0 Å². The molecule has 0 bridgehead atoms. The summed E-state index contributed by atoms with van der Waals surface area (Å²) in [4.78, 5) is 12.2. The van der Waals surface area contributed by atoms with E-state index in [-0.39, 0.29) is 11.2 Å². The third-order valence-electron chi connectivity index (χ3n) is 3.33. The molecule has 0 saturated heterocycles. The zero-order valence-electron chi connectivity index (χ0n) is 10.5. The molecule has 19 heavy (non-hydrogen) atoms. The van der Waals surface area contributed by atoms with Crippen LogP contribution in [0.5, 0.6) is 5.75 Å². The zero-order valence-corrected chi connectivity index (χ0v) is 10.5. The highest BCUT2D eigenvalue weighted by Gasteiger charge is 2.10. The second kappa shape index (κ2) is 4.28. The topological polar surface area (TPSA) is 42.2 Å². The van der Waals surface area contributed by atoms with Gasteiger partial charge in [0.05, 0.1) is 16.6 Å². The van der Waals surface area contributed by atoms with Gasteiger partial charge in [0.25, 0.3) is 0 Å². The lowest BCUT2D eigenvalue weighted by Crippen LogP contribution is -2.09. The molecule has 0 aliphatic rings. The summed E-state index contributed by atoms with van der Waals surface area (Å²) in [5.41, 5.74) is 2.38. The van der Waals surface area contributed by atoms with Crippen LogP contribution in [0.25, 0.3) is 22.2 Å². The predicted octanol–water partition coefficient (Wildman–Crippen LogP) is 2.91. The minimum Gasteiger partial charge on any atom is -0.507 e. The molecule has 0 aliphatic carbocycles. The number of aromatic nitrogens is 1. The maximum atomic E-state index is 12.2. The molecule has 1 heterocycles. The zero-order chi connectivity index (χ0) is 13.4. The average Bonchev–Trinajstić information content (AvgIpc) is 2.43. The van der Waals surface area contributed by atoms with Crippen LogP contribution in [0.3, 0.4) is 0 Å². The van der Waals surface area contributed by atoms with E-state index in [9.17, 15) is 9.90 Å². The number of phenolic OH excluding ortho intramolecular Hbond substituents is 1. The summed E-state index contributed by atoms with van der Waals surface area (Å²) in [5.74, 6) is 0.0257. The second-order valence-electron chi connectivity index (χ2n) is 4.49. The first-order chi connectivity index (χ1) is 9.18. The van der Waals surface area contributed by atoms with Crippen molar-refractivity contribution in [3.05, 3.63) is 64.8 Å². The summed E-state index contributed by atoms with van der Waals surface area (Å²) >= 11 is 0. The molecule has 0 unspecified atom stereocenters. The van der Waals surface area contributed by atoms with E-state index in [1.807, 2.05) is 48.0 Å². The number of aromatic hydroxyl groups is 1. The van der Waals surface area contributed by atoms with E-state index >= 15 is 0 Å². The molecular weight excluding hydrogens is 238 g/mol. The SMILES string of the molecule is Cn1c(-c2ccccc2)cc(=O)c2c(O)cccc21. The van der Waals surface area contributed by atoms with Crippen molar-refractivity contribution in [2.75, 3.05) is 0 Å². The van der Waals surface area contributed by atoms with Crippen LogP contribution in [-0.4, -0.2) is 9.67 Å². The number of hydrogen-bond donors (Lipinski definition) is 1. The Morgan fingerprint density at radius 2 is 1.74 bits per heavy atom. The van der Waals surface area contributed by atoms with Crippen molar-refractivity contribution >= 4 is 10.9 Å². The highest BCUT2D eigenvalue weighted by molar-refractivity contribution is 5.87. The number of pyridine rings is 1. The number of rotatable bonds is 1. The smallest absolute Gasteiger partial charge is 0.193 e. The first kappa shape index (κ1) is 11.5. The van der Waals surface area contributed by atoms with Gasteiger partial charge in [-0.25, -0.2) is 0 Å². The molecular formula is C16H13NO2. The fourth-order valence-electron chi connectivity index (χ4n) is 2.37. The molecule has 94 valence electrons. The molecule has 2 aromatic carbocycles. The predicted molar refractivity (Wildman–Crippen MR) is 76.3 cm³/mol. The summed E-state index contributed by atoms with van der Waals surface area (Å²) < 4.78 is 1.92. The molecule has 0 fully saturated rings. The summed E-state index contributed by atoms with van der Waals surface area (Å²) in [6.45, 7) is 0. The van der Waals surface area contributed by atoms with Crippen molar-refractivity contribution < 1.29 is 5.11 Å². The van der Waals surface area contributed by atoms with Crippen molar-refractivity contribution in [3.8, 4) is 17.0 Å². The molecule has 1 aromatic heterocycles. The number of aryl methyl sites for hydroxylation is 1. The third-order valence-corrected chi connectivity index (χ3v) is 3.33. The standard InChI is InChI=1S/C16H13NO2/c1-17-12-8-5-9-14(18)16(12)15(19)10-13(17)11-6-3-2-4-7-11/h2-10,18H,1H3. The lowest BCUT2D eigenvalue weighted by molar-refractivity contribution is 0.481. The maximum Gasteiger partial charge on any atom is 0.193 e. The number of fused-ring (bicyclic) bond motifs is 1. The molecule has 0 saturated carbocycles. The second-order valence-corrected chi connectivity index (χ2v) is 4.49. The molecule has 0 amide bonds. The first-order valence-electron chi connectivity index (χ1n) is 6.05. The first-order valence-corrected chi connectivity index (χ1v) is 6.05. The summed E-state index contributed by atoms with van der Waals surface area (Å²) in [6.07, 6.45) is 0. The lowest BCUT2D eigenvalue weighted by atomic mass is 10.1. The average molecular weight is 251 g/mol. The van der Waals surface area contributed by atoms with Crippen molar-refractivity contribution in [2.45, 2.75) is 0 Å². The fraction of sp³-hybridized carbons (Fsp3) is 0.0625. The van der Waals surface area contributed by atoms with Gasteiger partial charge in [-0.05, 0) is 17.7 Å². The third kappa shape index (κ3) is 1.80. The quantitative estimate of drug-likeness (QED) is 0.722. The van der Waals surface area contributed by atoms with E-state index < -0.39 is 0 Å². The Hall–Kier alpha value is -2.55. The Labute approximate surface area is 110 Å². The van der Waals surface area contributed by atoms with Crippen LogP contribution in [0.4, 0.5) is 0 Å². The normalized spacial score (nSPS) is 10.8. The van der Waals surface area contributed by atoms with Crippen LogP contribution in [-0.2, 0) is 7.05 Å². The molecule has 0 aliphatic heterocycles. The Bertz CT molecular complexity index is 804. The molecule has 3 aromatic rings. The van der Waals surface area contributed by atoms with E-state index in [4.69, 9.17) is 0 Å². The Kier molecular flexibility index (Phi) is 2.60. The molecule has 3 nitrogen and oxygen atoms in total. The van der Waals surface area contributed by atoms with Crippen LogP contribution in [0.1, 0.15) is 0 Å². The van der Waals surface area contributed by atoms with Crippen LogP contribution in [0, 0.1) is 0 Å². The largest absolute Gasteiger partial charge is 0.507 e. The van der Waals surface area contributed by atoms with E-state index in [1.54, 1.807) is 12.1 Å². The Morgan fingerprint density at radius 3 is 2.47 bits per heavy atom. The highest BCUT2D eigenvalue weighted by Crippen LogP contribution is 2.25. The summed E-state index contributed by atoms with van der Waals surface area (Å²) in [6, 6.07) is 16.4. The Morgan fingerprint density at radius 1 is 1.00 bits per heavy atom. The monoisotopic (exact) mass is 251 g/mol. The number of benzene rings is 2. The van der Waals surface area contributed by atoms with E-state index in [0.29, 0.717) is 5.39 Å². The molecule has 3 heteroatoms. The number of hydrogen-bond acceptors (Lipinski definition) is 2. The van der Waals surface area contributed by atoms with Gasteiger partial charge >= 0.3 is 0 Å². The van der Waals surface area contributed by atoms with E-state index in [1.165, 1.54) is 6.07 Å². The van der Waals surface area contributed by atoms with Crippen LogP contribution in [0.2, 0.25) is 0 Å². The van der Waals surface area contributed by atoms with Gasteiger partial charge in [0.2, 0.25) is 0 Å². The van der Waals surface area contributed by atoms with E-state index in [0.717, 1.165) is 16.8 Å². The minimum absolute atomic E-state index is 0.0257. The van der Waals surface area contributed by atoms with Crippen molar-refractivity contribution in [2.24, 2.45) is 7.05 Å². The molecule has 3 rings (SSSR count). The van der Waals surface area contributed by atoms with Gasteiger partial charge in [-0.3, -0.25) is 4.79 Å². The van der Waals surface area contributed by atoms with Gasteiger partial charge in [-0.2, -0.15) is 0 Å². The van der Waals surface area contributed by atoms with Gasteiger partial charge in [0.15, 0.2) is 5.43 Å². The van der Waals surface area contributed by atoms with Crippen LogP contribution in [0.15, 0.2) is 59.4 Å². The van der Waals surface area contributed by atoms with Gasteiger partial charge in [-0.1, -0.05) is 36.4 Å². The van der Waals surface area contributed by atoms with Crippen molar-refractivity contribution in [1.29, 1.82) is 0 Å². The molecule has 0 atom stereocenters. The summed E-state index contributed by atoms with van der Waals surface area (Å²) in [5, 5.41) is 10.2. The highest BCUT2D eigenvalue weighted by atomic mass is 16.3. The fourth-order valence-corrected chi connectivity index (χ4v) is 2.37. The van der Waals surface area contributed by atoms with Crippen molar-refractivity contribution in [1.82, 2.24) is 4.57 Å². The number of nitrogens with zero attached hydrogens (tertiary/aromatic N) is 1. The van der Waals surface area contributed by atoms with Gasteiger partial charge < -0.3 is 9.67 Å². The van der Waals surface area contributed by atoms with Crippen LogP contribution >= 0.6 is 0 Å². The molecule has 0 spiro atoms. The molecule has 1 N–H and O–H groups in total. The maximum absolute atomic E-state index is 12.2. The Balaban J connectivity index is 2.42. The van der Waals surface area contributed by atoms with Gasteiger partial charge in [0, 0.05) is 13.1 Å². The summed E-state index contributed by atoms with van der Waals surface area (Å²) in [7, 11) is 1.89. The minimum atomic E-state index is -0.162.